The quantitative estimate of drug-likeness (QED) is 0.733. The highest BCUT2D eigenvalue weighted by atomic mass is 32.1. The molecule has 0 bridgehead atoms. The summed E-state index contributed by atoms with van der Waals surface area (Å²) in [5, 5.41) is 3.02. The van der Waals surface area contributed by atoms with Crippen LogP contribution >= 0.6 is 11.3 Å². The van der Waals surface area contributed by atoms with Crippen LogP contribution in [0.4, 0.5) is 5.13 Å². The van der Waals surface area contributed by atoms with Crippen molar-refractivity contribution in [2.45, 2.75) is 39.2 Å². The summed E-state index contributed by atoms with van der Waals surface area (Å²) in [6.07, 6.45) is 2.14. The number of aryl methyl sites for hydroxylation is 1. The molecule has 1 aromatic rings. The predicted octanol–water partition coefficient (Wildman–Crippen LogP) is 2.48. The minimum Gasteiger partial charge on any atom is -0.469 e. The molecule has 5 heteroatoms. The zero-order valence-electron chi connectivity index (χ0n) is 10.9. The van der Waals surface area contributed by atoms with E-state index >= 15 is 0 Å². The summed E-state index contributed by atoms with van der Waals surface area (Å²) in [5.41, 5.74) is 0.963. The Hall–Kier alpha value is -1.10. The molecule has 17 heavy (non-hydrogen) atoms. The molecule has 0 saturated carbocycles. The number of hydrogen-bond acceptors (Lipinski definition) is 5. The third kappa shape index (κ3) is 4.00. The summed E-state index contributed by atoms with van der Waals surface area (Å²) in [7, 11) is 3.46. The normalized spacial score (nSPS) is 12.2. The highest BCUT2D eigenvalue weighted by molar-refractivity contribution is 7.13. The van der Waals surface area contributed by atoms with Crippen molar-refractivity contribution in [2.75, 3.05) is 19.1 Å². The molecule has 1 atom stereocenters. The molecule has 0 radical (unpaired) electrons. The topological polar surface area (TPSA) is 42.4 Å². The van der Waals surface area contributed by atoms with Gasteiger partial charge in [0.2, 0.25) is 0 Å². The van der Waals surface area contributed by atoms with Crippen molar-refractivity contribution in [3.05, 3.63) is 11.1 Å². The van der Waals surface area contributed by atoms with E-state index in [1.54, 1.807) is 11.3 Å². The number of methoxy groups -OCH3 is 1. The van der Waals surface area contributed by atoms with Crippen LogP contribution in [0, 0.1) is 0 Å². The molecule has 0 aromatic carbocycles. The van der Waals surface area contributed by atoms with Gasteiger partial charge < -0.3 is 9.64 Å². The van der Waals surface area contributed by atoms with Crippen molar-refractivity contribution in [3.63, 3.8) is 0 Å². The number of anilines is 1. The molecule has 0 N–H and O–H groups in total. The molecule has 1 unspecified atom stereocenters. The Bertz CT molecular complexity index is 365. The van der Waals surface area contributed by atoms with Crippen LogP contribution < -0.4 is 4.90 Å². The van der Waals surface area contributed by atoms with Gasteiger partial charge in [0.1, 0.15) is 0 Å². The Morgan fingerprint density at radius 1 is 1.65 bits per heavy atom. The standard InChI is InChI=1S/C12H20N2O2S/c1-5-9(2)14(3)12-13-10(8-17-12)6-7-11(15)16-4/h8-9H,5-7H2,1-4H3. The first-order valence-electron chi connectivity index (χ1n) is 5.82. The molecule has 1 aromatic heterocycles. The molecule has 0 aliphatic carbocycles. The molecule has 0 fully saturated rings. The number of thiazole rings is 1. The van der Waals surface area contributed by atoms with Crippen LogP contribution in [0.25, 0.3) is 0 Å². The smallest absolute Gasteiger partial charge is 0.305 e. The van der Waals surface area contributed by atoms with Crippen molar-refractivity contribution in [2.24, 2.45) is 0 Å². The van der Waals surface area contributed by atoms with Crippen LogP contribution in [-0.4, -0.2) is 31.2 Å². The van der Waals surface area contributed by atoms with Crippen molar-refractivity contribution in [1.82, 2.24) is 4.98 Å². The average molecular weight is 256 g/mol. The lowest BCUT2D eigenvalue weighted by Crippen LogP contribution is -2.27. The number of hydrogen-bond donors (Lipinski definition) is 0. The van der Waals surface area contributed by atoms with Crippen LogP contribution in [0.2, 0.25) is 0 Å². The van der Waals surface area contributed by atoms with E-state index in [4.69, 9.17) is 0 Å². The Labute approximate surface area is 107 Å². The Kier molecular flexibility index (Phi) is 5.41. The summed E-state index contributed by atoms with van der Waals surface area (Å²) >= 11 is 1.62. The molecule has 0 aliphatic heterocycles. The number of carbonyl (C=O) groups is 1. The molecule has 0 saturated heterocycles. The van der Waals surface area contributed by atoms with Crippen molar-refractivity contribution >= 4 is 22.4 Å². The molecular formula is C12H20N2O2S. The van der Waals surface area contributed by atoms with E-state index in [1.807, 2.05) is 5.38 Å². The van der Waals surface area contributed by atoms with Crippen molar-refractivity contribution in [1.29, 1.82) is 0 Å². The lowest BCUT2D eigenvalue weighted by Gasteiger charge is -2.22. The Balaban J connectivity index is 2.56. The van der Waals surface area contributed by atoms with Gasteiger partial charge in [0.25, 0.3) is 0 Å². The van der Waals surface area contributed by atoms with E-state index in [9.17, 15) is 4.79 Å². The molecule has 1 rings (SSSR count). The highest BCUT2D eigenvalue weighted by Gasteiger charge is 2.12. The summed E-state index contributed by atoms with van der Waals surface area (Å²) in [6.45, 7) is 4.34. The van der Waals surface area contributed by atoms with Crippen LogP contribution in [0.1, 0.15) is 32.4 Å². The maximum atomic E-state index is 11.0. The molecule has 1 heterocycles. The van der Waals surface area contributed by atoms with Crippen LogP contribution in [0.15, 0.2) is 5.38 Å². The maximum Gasteiger partial charge on any atom is 0.305 e. The van der Waals surface area contributed by atoms with Crippen LogP contribution in [0.3, 0.4) is 0 Å². The maximum absolute atomic E-state index is 11.0. The minimum atomic E-state index is -0.185. The Morgan fingerprint density at radius 2 is 2.35 bits per heavy atom. The van der Waals surface area contributed by atoms with Gasteiger partial charge in [-0.3, -0.25) is 4.79 Å². The monoisotopic (exact) mass is 256 g/mol. The third-order valence-electron chi connectivity index (χ3n) is 2.91. The fourth-order valence-electron chi connectivity index (χ4n) is 1.37. The second kappa shape index (κ2) is 6.59. The zero-order valence-corrected chi connectivity index (χ0v) is 11.7. The van der Waals surface area contributed by atoms with E-state index < -0.39 is 0 Å². The van der Waals surface area contributed by atoms with Gasteiger partial charge >= 0.3 is 5.97 Å². The van der Waals surface area contributed by atoms with Gasteiger partial charge in [0.05, 0.1) is 19.2 Å². The molecule has 96 valence electrons. The number of rotatable bonds is 6. The molecule has 0 amide bonds. The molecule has 4 nitrogen and oxygen atoms in total. The van der Waals surface area contributed by atoms with Gasteiger partial charge in [-0.2, -0.15) is 0 Å². The first-order chi connectivity index (χ1) is 8.08. The van der Waals surface area contributed by atoms with E-state index in [-0.39, 0.29) is 5.97 Å². The number of ether oxygens (including phenoxy) is 1. The van der Waals surface area contributed by atoms with E-state index in [0.717, 1.165) is 17.2 Å². The first kappa shape index (κ1) is 14.0. The van der Waals surface area contributed by atoms with Gasteiger partial charge in [-0.15, -0.1) is 11.3 Å². The van der Waals surface area contributed by atoms with Crippen molar-refractivity contribution in [3.8, 4) is 0 Å². The van der Waals surface area contributed by atoms with E-state index in [2.05, 4.69) is 35.5 Å². The SMILES string of the molecule is CCC(C)N(C)c1nc(CCC(=O)OC)cs1. The predicted molar refractivity (Wildman–Crippen MR) is 70.6 cm³/mol. The van der Waals surface area contributed by atoms with Crippen LogP contribution in [0.5, 0.6) is 0 Å². The zero-order chi connectivity index (χ0) is 12.8. The largest absolute Gasteiger partial charge is 0.469 e. The van der Waals surface area contributed by atoms with E-state index in [1.165, 1.54) is 7.11 Å². The van der Waals surface area contributed by atoms with Crippen molar-refractivity contribution < 1.29 is 9.53 Å². The second-order valence-electron chi connectivity index (χ2n) is 4.07. The summed E-state index contributed by atoms with van der Waals surface area (Å²) in [4.78, 5) is 17.7. The molecule has 0 aliphatic rings. The highest BCUT2D eigenvalue weighted by Crippen LogP contribution is 2.22. The second-order valence-corrected chi connectivity index (χ2v) is 4.90. The fourth-order valence-corrected chi connectivity index (χ4v) is 2.30. The number of carbonyl (C=O) groups excluding carboxylic acids is 1. The van der Waals surface area contributed by atoms with Crippen LogP contribution in [-0.2, 0) is 16.0 Å². The fraction of sp³-hybridized carbons (Fsp3) is 0.667. The summed E-state index contributed by atoms with van der Waals surface area (Å²) in [5.74, 6) is -0.185. The van der Waals surface area contributed by atoms with Gasteiger partial charge in [0.15, 0.2) is 5.13 Å². The lowest BCUT2D eigenvalue weighted by atomic mass is 10.2. The average Bonchev–Trinajstić information content (AvgIpc) is 2.82. The van der Waals surface area contributed by atoms with Gasteiger partial charge in [-0.05, 0) is 13.3 Å². The van der Waals surface area contributed by atoms with Gasteiger partial charge in [-0.25, -0.2) is 4.98 Å². The number of nitrogens with zero attached hydrogens (tertiary/aromatic N) is 2. The molecular weight excluding hydrogens is 236 g/mol. The lowest BCUT2D eigenvalue weighted by molar-refractivity contribution is -0.140. The third-order valence-corrected chi connectivity index (χ3v) is 3.89. The van der Waals surface area contributed by atoms with Gasteiger partial charge in [-0.1, -0.05) is 6.92 Å². The number of esters is 1. The first-order valence-corrected chi connectivity index (χ1v) is 6.70. The molecule has 0 spiro atoms. The minimum absolute atomic E-state index is 0.185. The van der Waals surface area contributed by atoms with Gasteiger partial charge in [0, 0.05) is 24.9 Å². The summed E-state index contributed by atoms with van der Waals surface area (Å²) in [6, 6.07) is 0.481. The van der Waals surface area contributed by atoms with E-state index in [0.29, 0.717) is 18.9 Å². The summed E-state index contributed by atoms with van der Waals surface area (Å²) < 4.78 is 4.61. The Morgan fingerprint density at radius 3 is 2.94 bits per heavy atom. The number of aromatic nitrogens is 1.